The summed E-state index contributed by atoms with van der Waals surface area (Å²) >= 11 is 0. The van der Waals surface area contributed by atoms with Crippen LogP contribution in [0.3, 0.4) is 0 Å². The monoisotopic (exact) mass is 255 g/mol. The van der Waals surface area contributed by atoms with E-state index >= 15 is 0 Å². The lowest BCUT2D eigenvalue weighted by molar-refractivity contribution is -0.135. The van der Waals surface area contributed by atoms with Gasteiger partial charge in [-0.3, -0.25) is 4.79 Å². The Morgan fingerprint density at radius 3 is 2.72 bits per heavy atom. The van der Waals surface area contributed by atoms with E-state index in [1.165, 1.54) is 6.42 Å². The minimum Gasteiger partial charge on any atom is -0.394 e. The van der Waals surface area contributed by atoms with Gasteiger partial charge in [0.05, 0.1) is 18.2 Å². The van der Waals surface area contributed by atoms with Gasteiger partial charge in [0.25, 0.3) is 0 Å². The molecule has 0 aromatic rings. The van der Waals surface area contributed by atoms with E-state index in [9.17, 15) is 9.90 Å². The summed E-state index contributed by atoms with van der Waals surface area (Å²) in [7, 11) is 0. The molecule has 2 aliphatic rings. The molecule has 2 rings (SSSR count). The molecule has 0 aromatic heterocycles. The summed E-state index contributed by atoms with van der Waals surface area (Å²) in [5.74, 6) is 0.525. The van der Waals surface area contributed by atoms with Crippen molar-refractivity contribution in [1.29, 1.82) is 0 Å². The molecule has 104 valence electrons. The Hall–Kier alpha value is -0.610. The number of hydrogen-bond donors (Lipinski definition) is 2. The van der Waals surface area contributed by atoms with Crippen LogP contribution < -0.4 is 5.32 Å². The molecular formula is C14H25NO3. The van der Waals surface area contributed by atoms with Gasteiger partial charge in [-0.25, -0.2) is 0 Å². The summed E-state index contributed by atoms with van der Waals surface area (Å²) in [5.41, 5.74) is -0.413. The van der Waals surface area contributed by atoms with E-state index in [1.54, 1.807) is 0 Å². The lowest BCUT2D eigenvalue weighted by Crippen LogP contribution is -2.56. The molecule has 18 heavy (non-hydrogen) atoms. The van der Waals surface area contributed by atoms with E-state index < -0.39 is 5.54 Å². The Morgan fingerprint density at radius 2 is 2.17 bits per heavy atom. The van der Waals surface area contributed by atoms with Crippen molar-refractivity contribution in [2.75, 3.05) is 6.61 Å². The van der Waals surface area contributed by atoms with Crippen LogP contribution in [0.15, 0.2) is 0 Å². The van der Waals surface area contributed by atoms with Crippen molar-refractivity contribution >= 4 is 5.91 Å². The molecular weight excluding hydrogens is 230 g/mol. The Kier molecular flexibility index (Phi) is 4.28. The van der Waals surface area contributed by atoms with Gasteiger partial charge in [0.1, 0.15) is 6.10 Å². The summed E-state index contributed by atoms with van der Waals surface area (Å²) < 4.78 is 5.59. The van der Waals surface area contributed by atoms with Crippen molar-refractivity contribution < 1.29 is 14.6 Å². The molecule has 1 saturated carbocycles. The lowest BCUT2D eigenvalue weighted by Gasteiger charge is -2.39. The molecule has 0 bridgehead atoms. The highest BCUT2D eigenvalue weighted by Crippen LogP contribution is 2.32. The lowest BCUT2D eigenvalue weighted by atomic mass is 9.76. The van der Waals surface area contributed by atoms with Crippen LogP contribution in [-0.2, 0) is 9.53 Å². The van der Waals surface area contributed by atoms with Gasteiger partial charge < -0.3 is 15.2 Å². The quantitative estimate of drug-likeness (QED) is 0.805. The summed E-state index contributed by atoms with van der Waals surface area (Å²) in [5, 5.41) is 12.7. The van der Waals surface area contributed by atoms with Crippen LogP contribution in [0.25, 0.3) is 0 Å². The predicted octanol–water partition coefficient (Wildman–Crippen LogP) is 1.61. The van der Waals surface area contributed by atoms with Gasteiger partial charge >= 0.3 is 0 Å². The zero-order valence-electron chi connectivity index (χ0n) is 11.4. The van der Waals surface area contributed by atoms with Crippen molar-refractivity contribution in [3.63, 3.8) is 0 Å². The normalized spacial score (nSPS) is 40.7. The smallest absolute Gasteiger partial charge is 0.249 e. The number of nitrogens with one attached hydrogen (secondary N) is 1. The van der Waals surface area contributed by atoms with Gasteiger partial charge in [-0.15, -0.1) is 0 Å². The van der Waals surface area contributed by atoms with E-state index in [2.05, 4.69) is 12.2 Å². The van der Waals surface area contributed by atoms with Crippen LogP contribution >= 0.6 is 0 Å². The third-order valence-corrected chi connectivity index (χ3v) is 4.31. The maximum atomic E-state index is 12.2. The molecule has 1 saturated heterocycles. The SMILES string of the molecule is CC1CCCC(CO)(NC(=O)C2CCC(C)O2)C1. The fourth-order valence-corrected chi connectivity index (χ4v) is 3.29. The molecule has 1 aliphatic heterocycles. The van der Waals surface area contributed by atoms with Crippen molar-refractivity contribution in [1.82, 2.24) is 5.32 Å². The van der Waals surface area contributed by atoms with E-state index in [1.807, 2.05) is 6.92 Å². The average molecular weight is 255 g/mol. The second-order valence-electron chi connectivity index (χ2n) is 6.14. The second-order valence-corrected chi connectivity index (χ2v) is 6.14. The molecule has 4 atom stereocenters. The first-order valence-electron chi connectivity index (χ1n) is 7.13. The molecule has 1 aliphatic carbocycles. The number of aliphatic hydroxyl groups excluding tert-OH is 1. The van der Waals surface area contributed by atoms with Crippen molar-refractivity contribution in [2.24, 2.45) is 5.92 Å². The molecule has 4 heteroatoms. The summed E-state index contributed by atoms with van der Waals surface area (Å²) in [4.78, 5) is 12.2. The summed E-state index contributed by atoms with van der Waals surface area (Å²) in [6, 6.07) is 0. The van der Waals surface area contributed by atoms with Crippen molar-refractivity contribution in [3.05, 3.63) is 0 Å². The molecule has 0 aromatic carbocycles. The van der Waals surface area contributed by atoms with E-state index in [0.717, 1.165) is 32.1 Å². The minimum absolute atomic E-state index is 0.0331. The van der Waals surface area contributed by atoms with E-state index in [-0.39, 0.29) is 24.7 Å². The van der Waals surface area contributed by atoms with Gasteiger partial charge in [0.15, 0.2) is 0 Å². The zero-order valence-corrected chi connectivity index (χ0v) is 11.4. The van der Waals surface area contributed by atoms with E-state index in [0.29, 0.717) is 5.92 Å². The highest BCUT2D eigenvalue weighted by atomic mass is 16.5. The molecule has 0 spiro atoms. The molecule has 2 fully saturated rings. The van der Waals surface area contributed by atoms with Crippen molar-refractivity contribution in [2.45, 2.75) is 70.1 Å². The maximum absolute atomic E-state index is 12.2. The first-order chi connectivity index (χ1) is 8.54. The number of carbonyl (C=O) groups excluding carboxylic acids is 1. The minimum atomic E-state index is -0.413. The Balaban J connectivity index is 1.95. The fourth-order valence-electron chi connectivity index (χ4n) is 3.29. The Bertz CT molecular complexity index is 307. The van der Waals surface area contributed by atoms with Crippen molar-refractivity contribution in [3.8, 4) is 0 Å². The third-order valence-electron chi connectivity index (χ3n) is 4.31. The highest BCUT2D eigenvalue weighted by Gasteiger charge is 2.38. The van der Waals surface area contributed by atoms with Crippen LogP contribution in [0, 0.1) is 5.92 Å². The maximum Gasteiger partial charge on any atom is 0.249 e. The van der Waals surface area contributed by atoms with Crippen LogP contribution in [0.5, 0.6) is 0 Å². The highest BCUT2D eigenvalue weighted by molar-refractivity contribution is 5.81. The number of aliphatic hydroxyl groups is 1. The third kappa shape index (κ3) is 3.04. The number of rotatable bonds is 3. The van der Waals surface area contributed by atoms with Crippen LogP contribution in [0.2, 0.25) is 0 Å². The predicted molar refractivity (Wildman–Crippen MR) is 69.2 cm³/mol. The standard InChI is InChI=1S/C14H25NO3/c1-10-4-3-7-14(8-10,9-16)15-13(17)12-6-5-11(2)18-12/h10-12,16H,3-9H2,1-2H3,(H,15,17). The molecule has 4 nitrogen and oxygen atoms in total. The van der Waals surface area contributed by atoms with E-state index in [4.69, 9.17) is 4.74 Å². The van der Waals surface area contributed by atoms with Gasteiger partial charge in [-0.05, 0) is 38.5 Å². The number of amides is 1. The largest absolute Gasteiger partial charge is 0.394 e. The van der Waals surface area contributed by atoms with Crippen LogP contribution in [-0.4, -0.2) is 35.4 Å². The van der Waals surface area contributed by atoms with Gasteiger partial charge in [-0.2, -0.15) is 0 Å². The van der Waals surface area contributed by atoms with Crippen LogP contribution in [0.1, 0.15) is 52.4 Å². The average Bonchev–Trinajstić information content (AvgIpc) is 2.76. The molecule has 4 unspecified atom stereocenters. The Morgan fingerprint density at radius 1 is 1.39 bits per heavy atom. The number of ether oxygens (including phenoxy) is 1. The number of carbonyl (C=O) groups is 1. The molecule has 2 N–H and O–H groups in total. The van der Waals surface area contributed by atoms with Gasteiger partial charge in [-0.1, -0.05) is 19.8 Å². The summed E-state index contributed by atoms with van der Waals surface area (Å²) in [6.45, 7) is 4.22. The topological polar surface area (TPSA) is 58.6 Å². The Labute approximate surface area is 109 Å². The number of hydrogen-bond acceptors (Lipinski definition) is 3. The molecule has 1 amide bonds. The van der Waals surface area contributed by atoms with Gasteiger partial charge in [0.2, 0.25) is 5.91 Å². The summed E-state index contributed by atoms with van der Waals surface area (Å²) in [6.07, 6.45) is 5.61. The fraction of sp³-hybridized carbons (Fsp3) is 0.929. The van der Waals surface area contributed by atoms with Gasteiger partial charge in [0, 0.05) is 0 Å². The van der Waals surface area contributed by atoms with Crippen LogP contribution in [0.4, 0.5) is 0 Å². The molecule has 1 heterocycles. The first-order valence-corrected chi connectivity index (χ1v) is 7.13. The molecule has 0 radical (unpaired) electrons. The second kappa shape index (κ2) is 5.57. The zero-order chi connectivity index (χ0) is 13.2. The first kappa shape index (κ1) is 13.8.